The molecule has 0 atom stereocenters. The Hall–Kier alpha value is -3.48. The second kappa shape index (κ2) is 10.9. The van der Waals surface area contributed by atoms with Gasteiger partial charge >= 0.3 is 5.97 Å². The number of esters is 1. The van der Waals surface area contributed by atoms with Crippen LogP contribution in [0.1, 0.15) is 16.7 Å². The second-order valence-electron chi connectivity index (χ2n) is 7.56. The number of amides is 1. The third-order valence-corrected chi connectivity index (χ3v) is 5.48. The van der Waals surface area contributed by atoms with Crippen LogP contribution in [0.3, 0.4) is 0 Å². The Morgan fingerprint density at radius 1 is 1.03 bits per heavy atom. The Morgan fingerprint density at radius 3 is 2.52 bits per heavy atom. The van der Waals surface area contributed by atoms with Gasteiger partial charge in [0.15, 0.2) is 0 Å². The van der Waals surface area contributed by atoms with Crippen LogP contribution in [-0.4, -0.2) is 43.8 Å². The molecule has 0 spiro atoms. The predicted octanol–water partition coefficient (Wildman–Crippen LogP) is 3.86. The molecule has 1 heterocycles. The Labute approximate surface area is 197 Å². The van der Waals surface area contributed by atoms with Gasteiger partial charge in [0.25, 0.3) is 0 Å². The molecule has 7 heteroatoms. The third-order valence-electron chi connectivity index (χ3n) is 5.25. The van der Waals surface area contributed by atoms with Crippen LogP contribution in [0.15, 0.2) is 83.9 Å². The quantitative estimate of drug-likeness (QED) is 0.408. The number of ether oxygens (including phenoxy) is 1. The summed E-state index contributed by atoms with van der Waals surface area (Å²) in [7, 11) is 0. The Bertz CT molecular complexity index is 1150. The minimum Gasteiger partial charge on any atom is -0.460 e. The molecule has 0 bridgehead atoms. The molecule has 0 saturated carbocycles. The number of hydrogen-bond donors (Lipinski definition) is 1. The summed E-state index contributed by atoms with van der Waals surface area (Å²) < 4.78 is 5.28. The highest BCUT2D eigenvalue weighted by molar-refractivity contribution is 6.32. The van der Waals surface area contributed by atoms with E-state index in [0.717, 1.165) is 28.1 Å². The van der Waals surface area contributed by atoms with Crippen molar-refractivity contribution in [3.8, 4) is 0 Å². The molecule has 1 aliphatic rings. The number of carbonyl (C=O) groups excluding carboxylic acids is 2. The fourth-order valence-corrected chi connectivity index (χ4v) is 3.82. The number of carbonyl (C=O) groups is 2. The summed E-state index contributed by atoms with van der Waals surface area (Å²) in [5.74, 6) is -0.458. The van der Waals surface area contributed by atoms with E-state index in [1.165, 1.54) is 0 Å². The highest BCUT2D eigenvalue weighted by Crippen LogP contribution is 2.29. The fraction of sp³-hybridized carbons (Fsp3) is 0.192. The van der Waals surface area contributed by atoms with Crippen molar-refractivity contribution in [3.63, 3.8) is 0 Å². The highest BCUT2D eigenvalue weighted by Gasteiger charge is 2.25. The van der Waals surface area contributed by atoms with Crippen molar-refractivity contribution in [3.05, 3.63) is 101 Å². The van der Waals surface area contributed by atoms with Crippen LogP contribution in [0.4, 0.5) is 5.69 Å². The van der Waals surface area contributed by atoms with Gasteiger partial charge in [-0.15, -0.1) is 0 Å². The number of rotatable bonds is 8. The summed E-state index contributed by atoms with van der Waals surface area (Å²) in [5.41, 5.74) is 4.15. The molecule has 3 aromatic carbocycles. The highest BCUT2D eigenvalue weighted by atomic mass is 35.5. The third kappa shape index (κ3) is 5.86. The molecule has 3 aromatic rings. The minimum absolute atomic E-state index is 0.0373. The van der Waals surface area contributed by atoms with E-state index in [1.54, 1.807) is 11.0 Å². The van der Waals surface area contributed by atoms with Crippen molar-refractivity contribution in [1.29, 1.82) is 0 Å². The molecule has 168 valence electrons. The predicted molar refractivity (Wildman–Crippen MR) is 130 cm³/mol. The smallest absolute Gasteiger partial charge is 0.320 e. The van der Waals surface area contributed by atoms with Crippen LogP contribution in [0.2, 0.25) is 5.02 Å². The lowest BCUT2D eigenvalue weighted by Crippen LogP contribution is -2.39. The summed E-state index contributed by atoms with van der Waals surface area (Å²) in [6.45, 7) is 1.15. The summed E-state index contributed by atoms with van der Waals surface area (Å²) in [4.78, 5) is 31.2. The first kappa shape index (κ1) is 22.7. The zero-order valence-electron chi connectivity index (χ0n) is 18.0. The van der Waals surface area contributed by atoms with E-state index in [1.807, 2.05) is 72.8 Å². The molecule has 0 radical (unpaired) electrons. The SMILES string of the molecule is O=C(CNCCN1C(=O)CN=C(c2ccccc2)c2cc(Cl)ccc21)OCc1ccccc1. The molecule has 1 amide bonds. The van der Waals surface area contributed by atoms with E-state index in [2.05, 4.69) is 10.3 Å². The molecule has 4 rings (SSSR count). The van der Waals surface area contributed by atoms with Gasteiger partial charge in [0.1, 0.15) is 13.2 Å². The van der Waals surface area contributed by atoms with Gasteiger partial charge in [-0.1, -0.05) is 72.3 Å². The molecular weight excluding hydrogens is 438 g/mol. The largest absolute Gasteiger partial charge is 0.460 e. The number of aliphatic imine (C=N–C) groups is 1. The monoisotopic (exact) mass is 461 g/mol. The van der Waals surface area contributed by atoms with E-state index < -0.39 is 0 Å². The van der Waals surface area contributed by atoms with Crippen molar-refractivity contribution < 1.29 is 14.3 Å². The number of anilines is 1. The summed E-state index contributed by atoms with van der Waals surface area (Å²) >= 11 is 6.28. The Kier molecular flexibility index (Phi) is 7.50. The Balaban J connectivity index is 1.39. The lowest BCUT2D eigenvalue weighted by molar-refractivity contribution is -0.143. The van der Waals surface area contributed by atoms with Crippen molar-refractivity contribution in [2.45, 2.75) is 6.61 Å². The van der Waals surface area contributed by atoms with E-state index in [4.69, 9.17) is 16.3 Å². The van der Waals surface area contributed by atoms with Gasteiger partial charge in [0.2, 0.25) is 5.91 Å². The maximum absolute atomic E-state index is 12.9. The summed E-state index contributed by atoms with van der Waals surface area (Å²) in [6, 6.07) is 24.7. The molecule has 1 N–H and O–H groups in total. The maximum Gasteiger partial charge on any atom is 0.320 e. The first-order valence-electron chi connectivity index (χ1n) is 10.7. The van der Waals surface area contributed by atoms with Gasteiger partial charge in [0, 0.05) is 29.2 Å². The molecule has 6 nitrogen and oxygen atoms in total. The van der Waals surface area contributed by atoms with E-state index in [9.17, 15) is 9.59 Å². The molecule has 0 fully saturated rings. The van der Waals surface area contributed by atoms with Gasteiger partial charge in [-0.2, -0.15) is 0 Å². The normalized spacial score (nSPS) is 13.2. The van der Waals surface area contributed by atoms with Crippen molar-refractivity contribution in [2.24, 2.45) is 4.99 Å². The molecule has 0 aliphatic carbocycles. The van der Waals surface area contributed by atoms with Gasteiger partial charge in [0.05, 0.1) is 17.9 Å². The first-order valence-corrected chi connectivity index (χ1v) is 11.1. The van der Waals surface area contributed by atoms with Crippen LogP contribution in [0, 0.1) is 0 Å². The van der Waals surface area contributed by atoms with Crippen molar-refractivity contribution in [2.75, 3.05) is 31.1 Å². The number of hydrogen-bond acceptors (Lipinski definition) is 5. The van der Waals surface area contributed by atoms with Crippen LogP contribution < -0.4 is 10.2 Å². The number of benzodiazepines with no additional fused rings is 1. The molecule has 0 unspecified atom stereocenters. The van der Waals surface area contributed by atoms with Gasteiger partial charge < -0.3 is 15.0 Å². The summed E-state index contributed by atoms with van der Waals surface area (Å²) in [6.07, 6.45) is 0. The number of fused-ring (bicyclic) bond motifs is 1. The first-order chi connectivity index (χ1) is 16.1. The van der Waals surface area contributed by atoms with Gasteiger partial charge in [-0.25, -0.2) is 0 Å². The fourth-order valence-electron chi connectivity index (χ4n) is 3.64. The van der Waals surface area contributed by atoms with Crippen LogP contribution in [0.25, 0.3) is 0 Å². The zero-order valence-corrected chi connectivity index (χ0v) is 18.8. The van der Waals surface area contributed by atoms with Crippen LogP contribution in [-0.2, 0) is 20.9 Å². The number of benzene rings is 3. The van der Waals surface area contributed by atoms with Crippen LogP contribution in [0.5, 0.6) is 0 Å². The van der Waals surface area contributed by atoms with E-state index >= 15 is 0 Å². The molecule has 0 aromatic heterocycles. The minimum atomic E-state index is -0.345. The molecule has 0 saturated heterocycles. The van der Waals surface area contributed by atoms with Crippen molar-refractivity contribution in [1.82, 2.24) is 5.32 Å². The van der Waals surface area contributed by atoms with Crippen molar-refractivity contribution >= 4 is 34.9 Å². The average Bonchev–Trinajstić information content (AvgIpc) is 2.97. The van der Waals surface area contributed by atoms with Gasteiger partial charge in [-0.3, -0.25) is 14.6 Å². The molecule has 33 heavy (non-hydrogen) atoms. The molecule has 1 aliphatic heterocycles. The van der Waals surface area contributed by atoms with E-state index in [0.29, 0.717) is 18.1 Å². The van der Waals surface area contributed by atoms with E-state index in [-0.39, 0.29) is 31.6 Å². The lowest BCUT2D eigenvalue weighted by atomic mass is 10.00. The number of nitrogens with one attached hydrogen (secondary N) is 1. The maximum atomic E-state index is 12.9. The summed E-state index contributed by atoms with van der Waals surface area (Å²) in [5, 5.41) is 3.64. The standard InChI is InChI=1S/C26H24ClN3O3/c27-21-11-12-23-22(15-21)26(20-9-5-2-6-10-20)29-16-24(31)30(23)14-13-28-17-25(32)33-18-19-7-3-1-4-8-19/h1-12,15,28H,13-14,16-18H2. The second-order valence-corrected chi connectivity index (χ2v) is 8.00. The Morgan fingerprint density at radius 2 is 1.76 bits per heavy atom. The number of halogens is 1. The zero-order chi connectivity index (χ0) is 23.0. The van der Waals surface area contributed by atoms with Crippen LogP contribution >= 0.6 is 11.6 Å². The van der Waals surface area contributed by atoms with Gasteiger partial charge in [-0.05, 0) is 23.8 Å². The number of nitrogens with zero attached hydrogens (tertiary/aromatic N) is 2. The molecular formula is C26H24ClN3O3. The lowest BCUT2D eigenvalue weighted by Gasteiger charge is -2.23. The average molecular weight is 462 g/mol. The topological polar surface area (TPSA) is 71.0 Å².